The maximum Gasteiger partial charge on any atom is 0.336 e. The quantitative estimate of drug-likeness (QED) is 0.697. The summed E-state index contributed by atoms with van der Waals surface area (Å²) in [7, 11) is 1.63. The Hall–Kier alpha value is -2.78. The van der Waals surface area contributed by atoms with Crippen molar-refractivity contribution >= 4 is 5.97 Å². The first-order chi connectivity index (χ1) is 12.9. The number of pyridine rings is 1. The molecule has 9 heteroatoms. The number of aromatic nitrogens is 3. The molecule has 2 N–H and O–H groups in total. The van der Waals surface area contributed by atoms with Crippen LogP contribution in [0.5, 0.6) is 0 Å². The molecule has 2 aromatic heterocycles. The van der Waals surface area contributed by atoms with Crippen LogP contribution < -0.4 is 17.0 Å². The summed E-state index contributed by atoms with van der Waals surface area (Å²) >= 11 is 0. The van der Waals surface area contributed by atoms with E-state index in [1.54, 1.807) is 26.1 Å². The number of rotatable bonds is 5. The molecule has 0 bridgehead atoms. The van der Waals surface area contributed by atoms with Gasteiger partial charge in [0.05, 0.1) is 25.4 Å². The van der Waals surface area contributed by atoms with E-state index < -0.39 is 23.3 Å². The average Bonchev–Trinajstić information content (AvgIpc) is 2.68. The summed E-state index contributed by atoms with van der Waals surface area (Å²) < 4.78 is 12.7. The van der Waals surface area contributed by atoms with Gasteiger partial charge in [0.2, 0.25) is 0 Å². The topological polar surface area (TPSA) is 118 Å². The number of hydrogen-bond donors (Lipinski definition) is 1. The van der Waals surface area contributed by atoms with Crippen LogP contribution in [0.15, 0.2) is 27.9 Å². The lowest BCUT2D eigenvalue weighted by Crippen LogP contribution is -2.43. The zero-order valence-corrected chi connectivity index (χ0v) is 15.3. The first kappa shape index (κ1) is 19.0. The monoisotopic (exact) mass is 374 g/mol. The van der Waals surface area contributed by atoms with E-state index >= 15 is 0 Å². The SMILES string of the molecule is CCOC(=O)[C@@H](N)Cc1ccc(-n2c(=O)c3c(n(C)c2=O)CCOC3)nc1. The van der Waals surface area contributed by atoms with Gasteiger partial charge in [-0.25, -0.2) is 14.3 Å². The Morgan fingerprint density at radius 2 is 2.19 bits per heavy atom. The van der Waals surface area contributed by atoms with Crippen LogP contribution in [0, 0.1) is 0 Å². The van der Waals surface area contributed by atoms with Crippen molar-refractivity contribution in [2.24, 2.45) is 12.8 Å². The highest BCUT2D eigenvalue weighted by Crippen LogP contribution is 2.12. The molecule has 0 spiro atoms. The van der Waals surface area contributed by atoms with E-state index in [2.05, 4.69) is 4.98 Å². The number of esters is 1. The molecule has 2 aromatic rings. The number of fused-ring (bicyclic) bond motifs is 1. The Bertz CT molecular complexity index is 961. The zero-order chi connectivity index (χ0) is 19.6. The summed E-state index contributed by atoms with van der Waals surface area (Å²) in [5.41, 5.74) is 6.80. The summed E-state index contributed by atoms with van der Waals surface area (Å²) in [5, 5.41) is 0. The van der Waals surface area contributed by atoms with Crippen molar-refractivity contribution in [3.8, 4) is 5.82 Å². The third-order valence-corrected chi connectivity index (χ3v) is 4.51. The Labute approximate surface area is 155 Å². The van der Waals surface area contributed by atoms with E-state index in [-0.39, 0.29) is 25.5 Å². The van der Waals surface area contributed by atoms with Gasteiger partial charge in [0.25, 0.3) is 5.56 Å². The first-order valence-corrected chi connectivity index (χ1v) is 8.73. The Morgan fingerprint density at radius 1 is 1.41 bits per heavy atom. The lowest BCUT2D eigenvalue weighted by atomic mass is 10.1. The normalized spacial score (nSPS) is 14.5. The average molecular weight is 374 g/mol. The second kappa shape index (κ2) is 7.85. The second-order valence-corrected chi connectivity index (χ2v) is 6.30. The van der Waals surface area contributed by atoms with Crippen LogP contribution >= 0.6 is 0 Å². The summed E-state index contributed by atoms with van der Waals surface area (Å²) in [6, 6.07) is 2.45. The molecule has 3 rings (SSSR count). The van der Waals surface area contributed by atoms with Crippen LogP contribution in [-0.2, 0) is 40.8 Å². The van der Waals surface area contributed by atoms with E-state index in [0.717, 1.165) is 4.57 Å². The van der Waals surface area contributed by atoms with Crippen molar-refractivity contribution in [1.29, 1.82) is 0 Å². The Morgan fingerprint density at radius 3 is 2.85 bits per heavy atom. The third-order valence-electron chi connectivity index (χ3n) is 4.51. The minimum absolute atomic E-state index is 0.175. The number of carbonyl (C=O) groups excluding carboxylic acids is 1. The second-order valence-electron chi connectivity index (χ2n) is 6.30. The van der Waals surface area contributed by atoms with Gasteiger partial charge in [0.1, 0.15) is 11.9 Å². The predicted molar refractivity (Wildman–Crippen MR) is 96.7 cm³/mol. The molecule has 0 aliphatic carbocycles. The molecule has 1 atom stereocenters. The first-order valence-electron chi connectivity index (χ1n) is 8.73. The van der Waals surface area contributed by atoms with Crippen LogP contribution in [0.1, 0.15) is 23.7 Å². The van der Waals surface area contributed by atoms with E-state index in [4.69, 9.17) is 15.2 Å². The van der Waals surface area contributed by atoms with Crippen LogP contribution in [-0.4, -0.2) is 39.3 Å². The van der Waals surface area contributed by atoms with Crippen molar-refractivity contribution in [3.63, 3.8) is 0 Å². The van der Waals surface area contributed by atoms with Gasteiger partial charge in [-0.05, 0) is 25.0 Å². The number of nitrogens with two attached hydrogens (primary N) is 1. The molecule has 0 saturated carbocycles. The molecule has 0 radical (unpaired) electrons. The fraction of sp³-hybridized carbons (Fsp3) is 0.444. The van der Waals surface area contributed by atoms with E-state index in [1.807, 2.05) is 0 Å². The van der Waals surface area contributed by atoms with Gasteiger partial charge < -0.3 is 15.2 Å². The van der Waals surface area contributed by atoms with Crippen molar-refractivity contribution < 1.29 is 14.3 Å². The lowest BCUT2D eigenvalue weighted by molar-refractivity contribution is -0.144. The molecule has 3 heterocycles. The summed E-state index contributed by atoms with van der Waals surface area (Å²) in [6.07, 6.45) is 2.27. The standard InChI is InChI=1S/C18H22N4O5/c1-3-27-17(24)13(19)8-11-4-5-15(20-9-11)22-16(23)12-10-26-7-6-14(12)21(2)18(22)25/h4-5,9,13H,3,6-8,10,19H2,1-2H3/t13-/m0/s1. The fourth-order valence-corrected chi connectivity index (χ4v) is 3.08. The highest BCUT2D eigenvalue weighted by atomic mass is 16.5. The largest absolute Gasteiger partial charge is 0.465 e. The smallest absolute Gasteiger partial charge is 0.336 e. The van der Waals surface area contributed by atoms with Gasteiger partial charge >= 0.3 is 11.7 Å². The van der Waals surface area contributed by atoms with Gasteiger partial charge in [0.15, 0.2) is 0 Å². The third kappa shape index (κ3) is 3.69. The van der Waals surface area contributed by atoms with Crippen LogP contribution in [0.3, 0.4) is 0 Å². The molecule has 1 aliphatic heterocycles. The van der Waals surface area contributed by atoms with Crippen molar-refractivity contribution in [2.45, 2.75) is 32.4 Å². The van der Waals surface area contributed by atoms with Crippen molar-refractivity contribution in [2.75, 3.05) is 13.2 Å². The summed E-state index contributed by atoms with van der Waals surface area (Å²) in [6.45, 7) is 2.63. The number of hydrogen-bond acceptors (Lipinski definition) is 7. The van der Waals surface area contributed by atoms with Crippen LogP contribution in [0.25, 0.3) is 5.82 Å². The minimum Gasteiger partial charge on any atom is -0.465 e. The number of ether oxygens (including phenoxy) is 2. The molecule has 0 unspecified atom stereocenters. The van der Waals surface area contributed by atoms with Gasteiger partial charge in [-0.2, -0.15) is 0 Å². The fourth-order valence-electron chi connectivity index (χ4n) is 3.08. The molecule has 0 aromatic carbocycles. The zero-order valence-electron chi connectivity index (χ0n) is 15.3. The van der Waals surface area contributed by atoms with Crippen LogP contribution in [0.2, 0.25) is 0 Å². The molecule has 0 fully saturated rings. The summed E-state index contributed by atoms with van der Waals surface area (Å²) in [4.78, 5) is 41.3. The van der Waals surface area contributed by atoms with E-state index in [9.17, 15) is 14.4 Å². The van der Waals surface area contributed by atoms with E-state index in [0.29, 0.717) is 29.8 Å². The molecular weight excluding hydrogens is 352 g/mol. The maximum absolute atomic E-state index is 12.8. The number of carbonyl (C=O) groups is 1. The molecule has 9 nitrogen and oxygen atoms in total. The maximum atomic E-state index is 12.8. The highest BCUT2D eigenvalue weighted by molar-refractivity contribution is 5.75. The van der Waals surface area contributed by atoms with Gasteiger partial charge in [-0.1, -0.05) is 6.07 Å². The molecular formula is C18H22N4O5. The molecule has 0 saturated heterocycles. The molecule has 144 valence electrons. The molecule has 0 amide bonds. The highest BCUT2D eigenvalue weighted by Gasteiger charge is 2.22. The van der Waals surface area contributed by atoms with E-state index in [1.165, 1.54) is 10.8 Å². The van der Waals surface area contributed by atoms with Gasteiger partial charge in [0, 0.05) is 25.4 Å². The minimum atomic E-state index is -0.797. The molecule has 27 heavy (non-hydrogen) atoms. The lowest BCUT2D eigenvalue weighted by Gasteiger charge is -2.20. The van der Waals surface area contributed by atoms with Crippen molar-refractivity contribution in [3.05, 3.63) is 56.0 Å². The Balaban J connectivity index is 1.92. The van der Waals surface area contributed by atoms with Gasteiger partial charge in [-0.15, -0.1) is 0 Å². The van der Waals surface area contributed by atoms with Crippen molar-refractivity contribution in [1.82, 2.24) is 14.1 Å². The number of nitrogens with zero attached hydrogens (tertiary/aromatic N) is 3. The summed E-state index contributed by atoms with van der Waals surface area (Å²) in [5.74, 6) is -0.274. The van der Waals surface area contributed by atoms with Crippen LogP contribution in [0.4, 0.5) is 0 Å². The Kier molecular flexibility index (Phi) is 5.52. The van der Waals surface area contributed by atoms with Gasteiger partial charge in [-0.3, -0.25) is 14.2 Å². The molecule has 1 aliphatic rings. The predicted octanol–water partition coefficient (Wildman–Crippen LogP) is -0.563.